The van der Waals surface area contributed by atoms with Crippen molar-refractivity contribution >= 4 is 35.3 Å². The number of ether oxygens (including phenoxy) is 3. The smallest absolute Gasteiger partial charge is 0.338 e. The summed E-state index contributed by atoms with van der Waals surface area (Å²) in [5, 5.41) is 8.79. The highest BCUT2D eigenvalue weighted by molar-refractivity contribution is 7.99. The van der Waals surface area contributed by atoms with E-state index in [9.17, 15) is 9.18 Å². The summed E-state index contributed by atoms with van der Waals surface area (Å²) in [7, 11) is 1.51. The number of anilines is 1. The number of hydrogen-bond donors (Lipinski definition) is 1. The number of nitrogens with zero attached hydrogens (tertiary/aromatic N) is 3. The molecule has 0 radical (unpaired) electrons. The van der Waals surface area contributed by atoms with E-state index in [1.54, 1.807) is 48.5 Å². The van der Waals surface area contributed by atoms with Crippen LogP contribution in [-0.2, 0) is 16.1 Å². The number of esters is 1. The molecule has 8 nitrogen and oxygen atoms in total. The highest BCUT2D eigenvalue weighted by Gasteiger charge is 2.36. The van der Waals surface area contributed by atoms with Crippen LogP contribution in [0.5, 0.6) is 11.5 Å². The number of carbonyl (C=O) groups is 1. The quantitative estimate of drug-likeness (QED) is 0.225. The fraction of sp³-hybridized carbons (Fsp3) is 0.370. The largest absolute Gasteiger partial charge is 0.493 e. The average Bonchev–Trinajstić information content (AvgIpc) is 3.28. The van der Waals surface area contributed by atoms with Crippen molar-refractivity contribution in [2.45, 2.75) is 58.0 Å². The first-order chi connectivity index (χ1) is 18.2. The van der Waals surface area contributed by atoms with E-state index in [2.05, 4.69) is 17.2 Å². The molecule has 202 valence electrons. The van der Waals surface area contributed by atoms with Gasteiger partial charge >= 0.3 is 5.97 Å². The summed E-state index contributed by atoms with van der Waals surface area (Å²) in [5.41, 5.74) is 2.01. The van der Waals surface area contributed by atoms with Crippen LogP contribution in [0.1, 0.15) is 51.3 Å². The summed E-state index contributed by atoms with van der Waals surface area (Å²) in [5.74, 6) is 1.30. The average molecular weight is 561 g/mol. The van der Waals surface area contributed by atoms with E-state index in [0.29, 0.717) is 39.4 Å². The lowest BCUT2D eigenvalue weighted by molar-refractivity contribution is -0.143. The van der Waals surface area contributed by atoms with Gasteiger partial charge in [-0.2, -0.15) is 4.98 Å². The number of methoxy groups -OCH3 is 1. The van der Waals surface area contributed by atoms with E-state index in [1.807, 2.05) is 13.0 Å². The number of hydrogen-bond acceptors (Lipinski definition) is 8. The van der Waals surface area contributed by atoms with Gasteiger partial charge in [0.25, 0.3) is 0 Å². The molecule has 0 spiro atoms. The number of halogens is 2. The minimum Gasteiger partial charge on any atom is -0.493 e. The Morgan fingerprint density at radius 1 is 1.26 bits per heavy atom. The number of fused-ring (bicyclic) bond motifs is 1. The molecule has 2 heterocycles. The lowest BCUT2D eigenvalue weighted by Crippen LogP contribution is -2.30. The van der Waals surface area contributed by atoms with Crippen molar-refractivity contribution < 1.29 is 23.4 Å². The van der Waals surface area contributed by atoms with Gasteiger partial charge in [-0.05, 0) is 57.0 Å². The zero-order valence-corrected chi connectivity index (χ0v) is 23.5. The Hall–Kier alpha value is -3.24. The molecule has 0 fully saturated rings. The van der Waals surface area contributed by atoms with Crippen LogP contribution in [0.4, 0.5) is 10.3 Å². The monoisotopic (exact) mass is 560 g/mol. The third-order valence-electron chi connectivity index (χ3n) is 5.77. The maximum atomic E-state index is 14.2. The number of aromatic nitrogens is 3. The molecule has 1 aliphatic heterocycles. The first-order valence-corrected chi connectivity index (χ1v) is 13.6. The molecule has 4 rings (SSSR count). The van der Waals surface area contributed by atoms with Gasteiger partial charge in [-0.15, -0.1) is 5.10 Å². The Labute approximate surface area is 230 Å². The number of thioether (sulfide) groups is 1. The van der Waals surface area contributed by atoms with Crippen LogP contribution >= 0.6 is 23.4 Å². The summed E-state index contributed by atoms with van der Waals surface area (Å²) in [6.07, 6.45) is 0.678. The molecule has 1 atom stereocenters. The SMILES string of the molecule is CCCSc1nc2n(n1)C(c1ccc(OCc3c(F)cccc3Cl)c(OC)c1)C(C(=O)OC(C)C)=C(C)N2. The predicted octanol–water partition coefficient (Wildman–Crippen LogP) is 6.40. The molecule has 1 unspecified atom stereocenters. The number of carbonyl (C=O) groups excluding carboxylic acids is 1. The summed E-state index contributed by atoms with van der Waals surface area (Å²) in [6, 6.07) is 9.16. The van der Waals surface area contributed by atoms with Crippen LogP contribution in [0.2, 0.25) is 5.02 Å². The van der Waals surface area contributed by atoms with Gasteiger partial charge in [0.15, 0.2) is 11.5 Å². The standard InChI is InChI=1S/C27H30ClFN4O4S/c1-6-12-38-27-31-26-30-16(4)23(25(34)37-15(2)3)24(33(26)32-27)17-10-11-21(22(13-17)35-5)36-14-18-19(28)8-7-9-20(18)29/h7-11,13,15,24H,6,12,14H2,1-5H3,(H,30,31,32). The normalized spacial score (nSPS) is 14.8. The van der Waals surface area contributed by atoms with Crippen molar-refractivity contribution in [1.29, 1.82) is 0 Å². The lowest BCUT2D eigenvalue weighted by atomic mass is 9.95. The molecular weight excluding hydrogens is 531 g/mol. The van der Waals surface area contributed by atoms with Gasteiger partial charge in [0.05, 0.1) is 23.8 Å². The van der Waals surface area contributed by atoms with E-state index < -0.39 is 17.8 Å². The molecule has 0 bridgehead atoms. The molecule has 0 amide bonds. The van der Waals surface area contributed by atoms with Crippen molar-refractivity contribution in [2.75, 3.05) is 18.2 Å². The number of allylic oxidation sites excluding steroid dienone is 1. The first-order valence-electron chi connectivity index (χ1n) is 12.2. The van der Waals surface area contributed by atoms with Gasteiger partial charge in [-0.1, -0.05) is 42.4 Å². The van der Waals surface area contributed by atoms with Crippen LogP contribution in [0.3, 0.4) is 0 Å². The Morgan fingerprint density at radius 2 is 2.05 bits per heavy atom. The zero-order valence-electron chi connectivity index (χ0n) is 21.9. The highest BCUT2D eigenvalue weighted by Crippen LogP contribution is 2.40. The van der Waals surface area contributed by atoms with E-state index in [0.717, 1.165) is 12.2 Å². The van der Waals surface area contributed by atoms with Crippen molar-refractivity contribution in [1.82, 2.24) is 14.8 Å². The summed E-state index contributed by atoms with van der Waals surface area (Å²) in [4.78, 5) is 17.9. The van der Waals surface area contributed by atoms with Crippen molar-refractivity contribution in [3.8, 4) is 11.5 Å². The van der Waals surface area contributed by atoms with Crippen LogP contribution in [0.25, 0.3) is 0 Å². The Bertz CT molecular complexity index is 1340. The van der Waals surface area contributed by atoms with E-state index in [4.69, 9.17) is 30.9 Å². The Morgan fingerprint density at radius 3 is 2.74 bits per heavy atom. The molecule has 11 heteroatoms. The minimum absolute atomic E-state index is 0.0786. The van der Waals surface area contributed by atoms with E-state index in [1.165, 1.54) is 19.2 Å². The fourth-order valence-electron chi connectivity index (χ4n) is 4.03. The van der Waals surface area contributed by atoms with Crippen molar-refractivity contribution in [2.24, 2.45) is 0 Å². The van der Waals surface area contributed by atoms with Crippen LogP contribution in [-0.4, -0.2) is 39.7 Å². The number of nitrogens with one attached hydrogen (secondary N) is 1. The highest BCUT2D eigenvalue weighted by atomic mass is 35.5. The van der Waals surface area contributed by atoms with Gasteiger partial charge in [-0.3, -0.25) is 0 Å². The Balaban J connectivity index is 1.72. The molecule has 1 aromatic heterocycles. The summed E-state index contributed by atoms with van der Waals surface area (Å²) >= 11 is 7.70. The molecule has 38 heavy (non-hydrogen) atoms. The Kier molecular flexibility index (Phi) is 8.83. The molecule has 0 saturated heterocycles. The topological polar surface area (TPSA) is 87.5 Å². The third-order valence-corrected chi connectivity index (χ3v) is 7.17. The maximum absolute atomic E-state index is 14.2. The zero-order chi connectivity index (χ0) is 27.4. The first kappa shape index (κ1) is 27.8. The minimum atomic E-state index is -0.620. The molecular formula is C27H30ClFN4O4S. The second-order valence-corrected chi connectivity index (χ2v) is 10.4. The van der Waals surface area contributed by atoms with Crippen LogP contribution in [0, 0.1) is 5.82 Å². The molecule has 1 N–H and O–H groups in total. The number of benzene rings is 2. The molecule has 0 aliphatic carbocycles. The van der Waals surface area contributed by atoms with Crippen LogP contribution in [0.15, 0.2) is 52.8 Å². The van der Waals surface area contributed by atoms with Crippen LogP contribution < -0.4 is 14.8 Å². The second-order valence-electron chi connectivity index (χ2n) is 8.93. The van der Waals surface area contributed by atoms with Gasteiger partial charge < -0.3 is 19.5 Å². The second kappa shape index (κ2) is 12.1. The summed E-state index contributed by atoms with van der Waals surface area (Å²) in [6.45, 7) is 7.43. The number of rotatable bonds is 10. The fourth-order valence-corrected chi connectivity index (χ4v) is 4.93. The van der Waals surface area contributed by atoms with Crippen molar-refractivity contribution in [3.05, 3.63) is 69.6 Å². The van der Waals surface area contributed by atoms with Gasteiger partial charge in [-0.25, -0.2) is 13.9 Å². The lowest BCUT2D eigenvalue weighted by Gasteiger charge is -2.29. The van der Waals surface area contributed by atoms with Gasteiger partial charge in [0, 0.05) is 17.0 Å². The third kappa shape index (κ3) is 5.91. The van der Waals surface area contributed by atoms with E-state index in [-0.39, 0.29) is 23.3 Å². The molecule has 1 aliphatic rings. The molecule has 2 aromatic carbocycles. The molecule has 0 saturated carbocycles. The summed E-state index contributed by atoms with van der Waals surface area (Å²) < 4.78 is 33.0. The van der Waals surface area contributed by atoms with E-state index >= 15 is 0 Å². The maximum Gasteiger partial charge on any atom is 0.338 e. The van der Waals surface area contributed by atoms with Gasteiger partial charge in [0.2, 0.25) is 11.1 Å². The molecule has 3 aromatic rings. The van der Waals surface area contributed by atoms with Gasteiger partial charge in [0.1, 0.15) is 18.5 Å². The van der Waals surface area contributed by atoms with Crippen molar-refractivity contribution in [3.63, 3.8) is 0 Å². The predicted molar refractivity (Wildman–Crippen MR) is 145 cm³/mol.